The maximum Gasteiger partial charge on any atom is 0.0737 e. The Bertz CT molecular complexity index is 503. The molecular formula is C14H18N2. The van der Waals surface area contributed by atoms with E-state index in [1.807, 2.05) is 7.05 Å². The summed E-state index contributed by atoms with van der Waals surface area (Å²) in [4.78, 5) is 4.73. The number of benzene rings is 1. The van der Waals surface area contributed by atoms with Crippen molar-refractivity contribution in [2.24, 2.45) is 0 Å². The average molecular weight is 214 g/mol. The van der Waals surface area contributed by atoms with E-state index in [1.54, 1.807) is 0 Å². The van der Waals surface area contributed by atoms with Gasteiger partial charge in [0, 0.05) is 24.0 Å². The van der Waals surface area contributed by atoms with Crippen LogP contribution >= 0.6 is 0 Å². The lowest BCUT2D eigenvalue weighted by molar-refractivity contribution is 0.779. The van der Waals surface area contributed by atoms with Crippen LogP contribution in [0.15, 0.2) is 24.3 Å². The second kappa shape index (κ2) is 4.62. The zero-order valence-electron chi connectivity index (χ0n) is 10.2. The Hall–Kier alpha value is -1.41. The molecule has 0 aliphatic heterocycles. The van der Waals surface area contributed by atoms with Crippen molar-refractivity contribution in [3.05, 3.63) is 41.1 Å². The monoisotopic (exact) mass is 214 g/mol. The Balaban J connectivity index is 2.48. The largest absolute Gasteiger partial charge is 0.319 e. The quantitative estimate of drug-likeness (QED) is 0.849. The summed E-state index contributed by atoms with van der Waals surface area (Å²) < 4.78 is 0. The van der Waals surface area contributed by atoms with Gasteiger partial charge in [-0.2, -0.15) is 0 Å². The van der Waals surface area contributed by atoms with Crippen molar-refractivity contribution in [2.75, 3.05) is 13.6 Å². The Labute approximate surface area is 96.7 Å². The smallest absolute Gasteiger partial charge is 0.0737 e. The summed E-state index contributed by atoms with van der Waals surface area (Å²) in [5.74, 6) is 0. The lowest BCUT2D eigenvalue weighted by Gasteiger charge is -2.07. The summed E-state index contributed by atoms with van der Waals surface area (Å²) in [5.41, 5.74) is 4.87. The number of nitrogens with one attached hydrogen (secondary N) is 1. The van der Waals surface area contributed by atoms with Gasteiger partial charge >= 0.3 is 0 Å². The molecule has 0 bridgehead atoms. The predicted molar refractivity (Wildman–Crippen MR) is 68.8 cm³/mol. The minimum atomic E-state index is 0.976. The van der Waals surface area contributed by atoms with E-state index in [9.17, 15) is 0 Å². The van der Waals surface area contributed by atoms with E-state index in [-0.39, 0.29) is 0 Å². The second-order valence-corrected chi connectivity index (χ2v) is 4.25. The normalized spacial score (nSPS) is 10.9. The van der Waals surface area contributed by atoms with Crippen LogP contribution in [0, 0.1) is 13.8 Å². The molecule has 1 aromatic heterocycles. The molecule has 0 spiro atoms. The maximum atomic E-state index is 4.73. The third kappa shape index (κ3) is 2.07. The SMILES string of the molecule is CNCCc1ccc2c(C)ccc(C)c2n1. The minimum absolute atomic E-state index is 0.976. The molecule has 0 unspecified atom stereocenters. The number of nitrogens with zero attached hydrogens (tertiary/aromatic N) is 1. The van der Waals surface area contributed by atoms with Crippen molar-refractivity contribution in [1.29, 1.82) is 0 Å². The first kappa shape index (κ1) is 11.1. The van der Waals surface area contributed by atoms with Crippen LogP contribution in [0.4, 0.5) is 0 Å². The Morgan fingerprint density at radius 3 is 2.56 bits per heavy atom. The molecule has 2 aromatic rings. The average Bonchev–Trinajstić information content (AvgIpc) is 2.31. The molecule has 16 heavy (non-hydrogen) atoms. The van der Waals surface area contributed by atoms with Gasteiger partial charge < -0.3 is 5.32 Å². The lowest BCUT2D eigenvalue weighted by Crippen LogP contribution is -2.11. The molecule has 0 atom stereocenters. The highest BCUT2D eigenvalue weighted by atomic mass is 14.8. The third-order valence-electron chi connectivity index (χ3n) is 2.97. The van der Waals surface area contributed by atoms with E-state index in [0.717, 1.165) is 24.2 Å². The van der Waals surface area contributed by atoms with E-state index in [4.69, 9.17) is 4.98 Å². The van der Waals surface area contributed by atoms with Gasteiger partial charge in [0.2, 0.25) is 0 Å². The Kier molecular flexibility index (Phi) is 3.20. The maximum absolute atomic E-state index is 4.73. The van der Waals surface area contributed by atoms with Crippen LogP contribution < -0.4 is 5.32 Å². The van der Waals surface area contributed by atoms with Gasteiger partial charge in [0.1, 0.15) is 0 Å². The highest BCUT2D eigenvalue weighted by Gasteiger charge is 2.03. The third-order valence-corrected chi connectivity index (χ3v) is 2.97. The zero-order chi connectivity index (χ0) is 11.5. The summed E-state index contributed by atoms with van der Waals surface area (Å²) in [6.45, 7) is 5.23. The standard InChI is InChI=1S/C14H18N2/c1-10-4-5-11(2)14-13(10)7-6-12(16-14)8-9-15-3/h4-7,15H,8-9H2,1-3H3. The van der Waals surface area contributed by atoms with Crippen LogP contribution in [0.3, 0.4) is 0 Å². The molecule has 2 rings (SSSR count). The topological polar surface area (TPSA) is 24.9 Å². The first-order valence-electron chi connectivity index (χ1n) is 5.73. The van der Waals surface area contributed by atoms with Crippen molar-refractivity contribution in [1.82, 2.24) is 10.3 Å². The molecule has 0 radical (unpaired) electrons. The van der Waals surface area contributed by atoms with Crippen LogP contribution in [-0.4, -0.2) is 18.6 Å². The molecule has 1 aromatic carbocycles. The van der Waals surface area contributed by atoms with Gasteiger partial charge in [0.15, 0.2) is 0 Å². The predicted octanol–water partition coefficient (Wildman–Crippen LogP) is 2.61. The van der Waals surface area contributed by atoms with Crippen molar-refractivity contribution in [3.8, 4) is 0 Å². The van der Waals surface area contributed by atoms with Gasteiger partial charge in [-0.1, -0.05) is 18.2 Å². The summed E-state index contributed by atoms with van der Waals surface area (Å²) in [7, 11) is 1.97. The molecule has 0 aliphatic carbocycles. The molecule has 1 N–H and O–H groups in total. The first-order valence-corrected chi connectivity index (χ1v) is 5.73. The highest BCUT2D eigenvalue weighted by Crippen LogP contribution is 2.20. The fourth-order valence-corrected chi connectivity index (χ4v) is 1.93. The van der Waals surface area contributed by atoms with Crippen molar-refractivity contribution < 1.29 is 0 Å². The van der Waals surface area contributed by atoms with Gasteiger partial charge in [-0.15, -0.1) is 0 Å². The number of aromatic nitrogens is 1. The van der Waals surface area contributed by atoms with Crippen molar-refractivity contribution in [2.45, 2.75) is 20.3 Å². The van der Waals surface area contributed by atoms with Crippen molar-refractivity contribution >= 4 is 10.9 Å². The second-order valence-electron chi connectivity index (χ2n) is 4.25. The van der Waals surface area contributed by atoms with Crippen molar-refractivity contribution in [3.63, 3.8) is 0 Å². The van der Waals surface area contributed by atoms with Gasteiger partial charge in [-0.25, -0.2) is 0 Å². The molecule has 0 aliphatic rings. The van der Waals surface area contributed by atoms with E-state index in [1.165, 1.54) is 16.5 Å². The summed E-state index contributed by atoms with van der Waals surface area (Å²) in [6, 6.07) is 8.63. The molecule has 0 saturated carbocycles. The van der Waals surface area contributed by atoms with E-state index < -0.39 is 0 Å². The molecular weight excluding hydrogens is 196 g/mol. The van der Waals surface area contributed by atoms with Crippen LogP contribution in [-0.2, 0) is 6.42 Å². The molecule has 2 heteroatoms. The molecule has 2 nitrogen and oxygen atoms in total. The Morgan fingerprint density at radius 2 is 1.81 bits per heavy atom. The summed E-state index contributed by atoms with van der Waals surface area (Å²) in [6.07, 6.45) is 0.986. The number of pyridine rings is 1. The number of fused-ring (bicyclic) bond motifs is 1. The molecule has 0 saturated heterocycles. The van der Waals surface area contributed by atoms with E-state index >= 15 is 0 Å². The first-order chi connectivity index (χ1) is 7.72. The number of hydrogen-bond donors (Lipinski definition) is 1. The number of likely N-dealkylation sites (N-methyl/N-ethyl adjacent to an activating group) is 1. The Morgan fingerprint density at radius 1 is 1.06 bits per heavy atom. The minimum Gasteiger partial charge on any atom is -0.319 e. The zero-order valence-corrected chi connectivity index (χ0v) is 10.2. The molecule has 0 amide bonds. The van der Waals surface area contributed by atoms with Crippen LogP contribution in [0.2, 0.25) is 0 Å². The van der Waals surface area contributed by atoms with Crippen LogP contribution in [0.5, 0.6) is 0 Å². The van der Waals surface area contributed by atoms with Gasteiger partial charge in [-0.05, 0) is 38.1 Å². The van der Waals surface area contributed by atoms with Gasteiger partial charge in [0.05, 0.1) is 5.52 Å². The van der Waals surface area contributed by atoms with Crippen LogP contribution in [0.25, 0.3) is 10.9 Å². The lowest BCUT2D eigenvalue weighted by atomic mass is 10.0. The highest BCUT2D eigenvalue weighted by molar-refractivity contribution is 5.84. The fourth-order valence-electron chi connectivity index (χ4n) is 1.93. The van der Waals surface area contributed by atoms with Gasteiger partial charge in [-0.3, -0.25) is 4.98 Å². The summed E-state index contributed by atoms with van der Waals surface area (Å²) in [5, 5.41) is 4.42. The number of hydrogen-bond acceptors (Lipinski definition) is 2. The van der Waals surface area contributed by atoms with E-state index in [0.29, 0.717) is 0 Å². The summed E-state index contributed by atoms with van der Waals surface area (Å²) >= 11 is 0. The number of rotatable bonds is 3. The molecule has 84 valence electrons. The van der Waals surface area contributed by atoms with Gasteiger partial charge in [0.25, 0.3) is 0 Å². The van der Waals surface area contributed by atoms with E-state index in [2.05, 4.69) is 43.4 Å². The fraction of sp³-hybridized carbons (Fsp3) is 0.357. The molecule has 1 heterocycles. The molecule has 0 fully saturated rings. The van der Waals surface area contributed by atoms with Crippen LogP contribution in [0.1, 0.15) is 16.8 Å². The number of aryl methyl sites for hydroxylation is 2.